The lowest BCUT2D eigenvalue weighted by atomic mass is 9.99. The molecule has 0 aliphatic carbocycles. The van der Waals surface area contributed by atoms with E-state index >= 15 is 0 Å². The molecule has 5 nitrogen and oxygen atoms in total. The van der Waals surface area contributed by atoms with Crippen LogP contribution in [-0.4, -0.2) is 19.6 Å². The first-order valence-corrected chi connectivity index (χ1v) is 6.12. The van der Waals surface area contributed by atoms with E-state index in [1.165, 1.54) is 13.2 Å². The van der Waals surface area contributed by atoms with Gasteiger partial charge < -0.3 is 14.5 Å². The fourth-order valence-electron chi connectivity index (χ4n) is 2.41. The molecule has 19 heavy (non-hydrogen) atoms. The number of ether oxygens (including phenoxy) is 1. The maximum Gasteiger partial charge on any atom is 0.338 e. The van der Waals surface area contributed by atoms with Crippen molar-refractivity contribution in [2.45, 2.75) is 12.8 Å². The minimum atomic E-state index is -0.552. The van der Waals surface area contributed by atoms with Gasteiger partial charge in [0.2, 0.25) is 0 Å². The predicted molar refractivity (Wildman–Crippen MR) is 70.6 cm³/mol. The summed E-state index contributed by atoms with van der Waals surface area (Å²) in [5.41, 5.74) is 2.19. The molecule has 0 saturated heterocycles. The first-order chi connectivity index (χ1) is 9.19. The molecule has 2 heterocycles. The first kappa shape index (κ1) is 11.8. The number of hydrogen-bond donors (Lipinski definition) is 1. The molecular formula is C14H13NO4. The molecule has 1 N–H and O–H groups in total. The van der Waals surface area contributed by atoms with Gasteiger partial charge in [0, 0.05) is 29.8 Å². The van der Waals surface area contributed by atoms with Gasteiger partial charge in [-0.15, -0.1) is 0 Å². The Morgan fingerprint density at radius 1 is 1.37 bits per heavy atom. The third-order valence-corrected chi connectivity index (χ3v) is 3.31. The highest BCUT2D eigenvalue weighted by molar-refractivity contribution is 6.03. The van der Waals surface area contributed by atoms with Crippen LogP contribution in [0, 0.1) is 0 Å². The van der Waals surface area contributed by atoms with Crippen molar-refractivity contribution in [3.05, 3.63) is 39.7 Å². The summed E-state index contributed by atoms with van der Waals surface area (Å²) in [6.07, 6.45) is 1.99. The molecule has 0 unspecified atom stereocenters. The van der Waals surface area contributed by atoms with Crippen molar-refractivity contribution in [2.75, 3.05) is 19.0 Å². The normalized spacial score (nSPS) is 13.7. The molecule has 1 aromatic heterocycles. The number of nitrogens with one attached hydrogen (secondary N) is 1. The summed E-state index contributed by atoms with van der Waals surface area (Å²) < 4.78 is 9.87. The molecule has 0 atom stereocenters. The number of anilines is 1. The maximum absolute atomic E-state index is 11.7. The molecular weight excluding hydrogens is 246 g/mol. The Balaban J connectivity index is 2.31. The summed E-state index contributed by atoms with van der Waals surface area (Å²) in [6, 6.07) is 4.85. The summed E-state index contributed by atoms with van der Waals surface area (Å²) in [5.74, 6) is -0.526. The third kappa shape index (κ3) is 1.97. The summed E-state index contributed by atoms with van der Waals surface area (Å²) in [5, 5.41) is 3.88. The highest BCUT2D eigenvalue weighted by Crippen LogP contribution is 2.29. The second-order valence-electron chi connectivity index (χ2n) is 4.51. The summed E-state index contributed by atoms with van der Waals surface area (Å²) in [6.45, 7) is 0.902. The van der Waals surface area contributed by atoms with Gasteiger partial charge in [0.25, 0.3) is 0 Å². The Bertz CT molecular complexity index is 717. The van der Waals surface area contributed by atoms with Gasteiger partial charge in [0.05, 0.1) is 12.7 Å². The van der Waals surface area contributed by atoms with Gasteiger partial charge in [-0.1, -0.05) is 0 Å². The van der Waals surface area contributed by atoms with Gasteiger partial charge in [-0.2, -0.15) is 0 Å². The predicted octanol–water partition coefficient (Wildman–Crippen LogP) is 1.94. The van der Waals surface area contributed by atoms with E-state index in [0.29, 0.717) is 11.0 Å². The molecule has 1 aliphatic heterocycles. The van der Waals surface area contributed by atoms with Gasteiger partial charge in [0.1, 0.15) is 5.58 Å². The fourth-order valence-corrected chi connectivity index (χ4v) is 2.41. The Kier molecular flexibility index (Phi) is 2.74. The van der Waals surface area contributed by atoms with E-state index in [1.54, 1.807) is 6.07 Å². The quantitative estimate of drug-likeness (QED) is 0.626. The lowest BCUT2D eigenvalue weighted by molar-refractivity contribution is 0.0602. The van der Waals surface area contributed by atoms with E-state index in [0.717, 1.165) is 30.6 Å². The second kappa shape index (κ2) is 4.42. The molecule has 5 heteroatoms. The molecule has 1 aliphatic rings. The molecule has 98 valence electrons. The van der Waals surface area contributed by atoms with E-state index in [9.17, 15) is 9.59 Å². The number of aryl methyl sites for hydroxylation is 1. The summed E-state index contributed by atoms with van der Waals surface area (Å²) >= 11 is 0. The second-order valence-corrected chi connectivity index (χ2v) is 4.51. The molecule has 0 saturated carbocycles. The van der Waals surface area contributed by atoms with Crippen LogP contribution in [0.4, 0.5) is 5.69 Å². The molecule has 0 fully saturated rings. The van der Waals surface area contributed by atoms with Crippen molar-refractivity contribution in [1.29, 1.82) is 0 Å². The van der Waals surface area contributed by atoms with Crippen molar-refractivity contribution < 1.29 is 13.9 Å². The Labute approximate surface area is 109 Å². The lowest BCUT2D eigenvalue weighted by Gasteiger charge is -2.18. The van der Waals surface area contributed by atoms with Crippen LogP contribution in [0.5, 0.6) is 0 Å². The highest BCUT2D eigenvalue weighted by atomic mass is 16.5. The number of methoxy groups -OCH3 is 1. The number of benzene rings is 1. The average Bonchev–Trinajstić information content (AvgIpc) is 2.43. The van der Waals surface area contributed by atoms with Crippen molar-refractivity contribution in [1.82, 2.24) is 0 Å². The van der Waals surface area contributed by atoms with Gasteiger partial charge in [0.15, 0.2) is 0 Å². The number of hydrogen-bond acceptors (Lipinski definition) is 5. The highest BCUT2D eigenvalue weighted by Gasteiger charge is 2.17. The van der Waals surface area contributed by atoms with Crippen molar-refractivity contribution in [2.24, 2.45) is 0 Å². The molecule has 0 spiro atoms. The van der Waals surface area contributed by atoms with Crippen molar-refractivity contribution in [3.8, 4) is 0 Å². The van der Waals surface area contributed by atoms with Crippen molar-refractivity contribution >= 4 is 22.6 Å². The minimum absolute atomic E-state index is 0.252. The zero-order valence-corrected chi connectivity index (χ0v) is 10.5. The Morgan fingerprint density at radius 3 is 3.00 bits per heavy atom. The largest absolute Gasteiger partial charge is 0.465 e. The number of esters is 1. The monoisotopic (exact) mass is 259 g/mol. The maximum atomic E-state index is 11.7. The molecule has 0 bridgehead atoms. The lowest BCUT2D eigenvalue weighted by Crippen LogP contribution is -2.13. The third-order valence-electron chi connectivity index (χ3n) is 3.31. The van der Waals surface area contributed by atoms with Gasteiger partial charge in [-0.05, 0) is 24.5 Å². The van der Waals surface area contributed by atoms with Crippen LogP contribution in [0.2, 0.25) is 0 Å². The topological polar surface area (TPSA) is 68.5 Å². The zero-order chi connectivity index (χ0) is 13.4. The smallest absolute Gasteiger partial charge is 0.338 e. The number of rotatable bonds is 1. The first-order valence-electron chi connectivity index (χ1n) is 6.12. The Hall–Kier alpha value is -2.30. The number of carbonyl (C=O) groups is 1. The minimum Gasteiger partial charge on any atom is -0.465 e. The van der Waals surface area contributed by atoms with Crippen molar-refractivity contribution in [3.63, 3.8) is 0 Å². The zero-order valence-electron chi connectivity index (χ0n) is 10.5. The van der Waals surface area contributed by atoms with Gasteiger partial charge in [-0.25, -0.2) is 9.59 Å². The number of fused-ring (bicyclic) bond motifs is 2. The van der Waals surface area contributed by atoms with E-state index in [2.05, 4.69) is 5.32 Å². The van der Waals surface area contributed by atoms with Crippen LogP contribution in [0.15, 0.2) is 27.4 Å². The molecule has 0 radical (unpaired) electrons. The Morgan fingerprint density at radius 2 is 2.21 bits per heavy atom. The van der Waals surface area contributed by atoms with Crippen LogP contribution in [0.3, 0.4) is 0 Å². The van der Waals surface area contributed by atoms with E-state index in [-0.39, 0.29) is 5.56 Å². The van der Waals surface area contributed by atoms with Gasteiger partial charge in [-0.3, -0.25) is 0 Å². The van der Waals surface area contributed by atoms with Crippen LogP contribution in [0.1, 0.15) is 22.3 Å². The van der Waals surface area contributed by atoms with Crippen LogP contribution >= 0.6 is 0 Å². The van der Waals surface area contributed by atoms with Crippen LogP contribution in [0.25, 0.3) is 11.0 Å². The van der Waals surface area contributed by atoms with E-state index in [1.807, 2.05) is 6.07 Å². The summed E-state index contributed by atoms with van der Waals surface area (Å²) in [7, 11) is 1.29. The average molecular weight is 259 g/mol. The fraction of sp³-hybridized carbons (Fsp3) is 0.286. The summed E-state index contributed by atoms with van der Waals surface area (Å²) in [4.78, 5) is 23.2. The standard InChI is InChI=1S/C14H13NO4/c1-18-14(17)10-6-13(16)19-12-7-11-8(5-9(10)12)3-2-4-15-11/h5-7,15H,2-4H2,1H3. The molecule has 3 rings (SSSR count). The van der Waals surface area contributed by atoms with Crippen LogP contribution < -0.4 is 10.9 Å². The van der Waals surface area contributed by atoms with Crippen LogP contribution in [-0.2, 0) is 11.2 Å². The SMILES string of the molecule is COC(=O)c1cc(=O)oc2cc3c(cc12)CCCN3. The molecule has 2 aromatic rings. The molecule has 0 amide bonds. The number of carbonyl (C=O) groups excluding carboxylic acids is 1. The van der Waals surface area contributed by atoms with E-state index < -0.39 is 11.6 Å². The molecule has 1 aromatic carbocycles. The van der Waals surface area contributed by atoms with E-state index in [4.69, 9.17) is 9.15 Å². The van der Waals surface area contributed by atoms with Gasteiger partial charge >= 0.3 is 11.6 Å².